The molecule has 0 saturated heterocycles. The van der Waals surface area contributed by atoms with Gasteiger partial charge in [0.15, 0.2) is 5.11 Å². The van der Waals surface area contributed by atoms with E-state index in [9.17, 15) is 0 Å². The van der Waals surface area contributed by atoms with Crippen LogP contribution in [0.15, 0.2) is 11.1 Å². The number of hydrogen-bond donors (Lipinski definition) is 3. The lowest BCUT2D eigenvalue weighted by Crippen LogP contribution is -2.37. The van der Waals surface area contributed by atoms with Crippen molar-refractivity contribution in [2.24, 2.45) is 0 Å². The fourth-order valence-electron chi connectivity index (χ4n) is 1.62. The molecule has 0 amide bonds. The third kappa shape index (κ3) is 3.64. The second kappa shape index (κ2) is 5.98. The van der Waals surface area contributed by atoms with E-state index in [1.165, 1.54) is 30.4 Å². The first kappa shape index (κ1) is 11.5. The fraction of sp³-hybridized carbons (Fsp3) is 0.700. The maximum atomic E-state index is 8.58. The topological polar surface area (TPSA) is 44.3 Å². The average molecular weight is 214 g/mol. The molecule has 0 unspecified atom stereocenters. The predicted octanol–water partition coefficient (Wildman–Crippen LogP) is 0.943. The minimum atomic E-state index is 0.115. The van der Waals surface area contributed by atoms with Crippen molar-refractivity contribution in [1.82, 2.24) is 10.6 Å². The first-order valence-electron chi connectivity index (χ1n) is 5.04. The standard InChI is InChI=1S/C10H18N2OS/c1-8-3-2-4-9(8)7-12-10(14)11-5-6-13/h13H,2-7H2,1H3,(H2,11,12,14). The first-order valence-corrected chi connectivity index (χ1v) is 5.45. The van der Waals surface area contributed by atoms with Crippen LogP contribution in [0.4, 0.5) is 0 Å². The number of nitrogens with one attached hydrogen (secondary N) is 2. The monoisotopic (exact) mass is 214 g/mol. The zero-order valence-corrected chi connectivity index (χ0v) is 9.41. The van der Waals surface area contributed by atoms with Gasteiger partial charge >= 0.3 is 0 Å². The van der Waals surface area contributed by atoms with E-state index in [0.29, 0.717) is 11.7 Å². The van der Waals surface area contributed by atoms with Gasteiger partial charge in [-0.2, -0.15) is 0 Å². The summed E-state index contributed by atoms with van der Waals surface area (Å²) in [6, 6.07) is 0. The molecule has 0 saturated carbocycles. The van der Waals surface area contributed by atoms with Crippen LogP contribution in [0, 0.1) is 0 Å². The largest absolute Gasteiger partial charge is 0.395 e. The van der Waals surface area contributed by atoms with Gasteiger partial charge in [0.05, 0.1) is 6.61 Å². The van der Waals surface area contributed by atoms with Gasteiger partial charge in [0.2, 0.25) is 0 Å². The van der Waals surface area contributed by atoms with Crippen LogP contribution >= 0.6 is 12.2 Å². The third-order valence-corrected chi connectivity index (χ3v) is 2.78. The van der Waals surface area contributed by atoms with Gasteiger partial charge in [-0.25, -0.2) is 0 Å². The molecule has 3 nitrogen and oxygen atoms in total. The fourth-order valence-corrected chi connectivity index (χ4v) is 1.79. The van der Waals surface area contributed by atoms with Gasteiger partial charge in [-0.3, -0.25) is 0 Å². The molecule has 0 aromatic rings. The molecule has 1 aliphatic carbocycles. The third-order valence-electron chi connectivity index (χ3n) is 2.49. The van der Waals surface area contributed by atoms with Crippen molar-refractivity contribution in [1.29, 1.82) is 0 Å². The summed E-state index contributed by atoms with van der Waals surface area (Å²) in [5, 5.41) is 15.3. The van der Waals surface area contributed by atoms with Crippen molar-refractivity contribution in [3.63, 3.8) is 0 Å². The molecule has 0 spiro atoms. The summed E-state index contributed by atoms with van der Waals surface area (Å²) >= 11 is 5.04. The van der Waals surface area contributed by atoms with Crippen molar-refractivity contribution in [2.45, 2.75) is 26.2 Å². The van der Waals surface area contributed by atoms with E-state index in [2.05, 4.69) is 17.6 Å². The van der Waals surface area contributed by atoms with Crippen LogP contribution in [0.25, 0.3) is 0 Å². The normalized spacial score (nSPS) is 15.9. The highest BCUT2D eigenvalue weighted by Crippen LogP contribution is 2.24. The molecular weight excluding hydrogens is 196 g/mol. The Bertz CT molecular complexity index is 238. The van der Waals surface area contributed by atoms with Gasteiger partial charge in [0.25, 0.3) is 0 Å². The van der Waals surface area contributed by atoms with Crippen LogP contribution in [-0.2, 0) is 0 Å². The molecule has 4 heteroatoms. The van der Waals surface area contributed by atoms with Gasteiger partial charge in [-0.1, -0.05) is 11.1 Å². The zero-order chi connectivity index (χ0) is 10.4. The molecule has 14 heavy (non-hydrogen) atoms. The maximum absolute atomic E-state index is 8.58. The SMILES string of the molecule is CC1=C(CNC(=S)NCCO)CCC1. The van der Waals surface area contributed by atoms with Gasteiger partial charge in [0.1, 0.15) is 0 Å². The van der Waals surface area contributed by atoms with E-state index in [-0.39, 0.29) is 6.61 Å². The molecule has 1 aliphatic rings. The number of hydrogen-bond acceptors (Lipinski definition) is 2. The molecule has 80 valence electrons. The van der Waals surface area contributed by atoms with Crippen molar-refractivity contribution in [3.8, 4) is 0 Å². The van der Waals surface area contributed by atoms with Crippen LogP contribution in [0.2, 0.25) is 0 Å². The Labute approximate surface area is 90.6 Å². The number of rotatable bonds is 4. The predicted molar refractivity (Wildman–Crippen MR) is 62.2 cm³/mol. The number of thiocarbonyl (C=S) groups is 1. The Hall–Kier alpha value is -0.610. The van der Waals surface area contributed by atoms with Crippen LogP contribution in [0.1, 0.15) is 26.2 Å². The van der Waals surface area contributed by atoms with E-state index in [0.717, 1.165) is 6.54 Å². The van der Waals surface area contributed by atoms with Crippen LogP contribution < -0.4 is 10.6 Å². The summed E-state index contributed by atoms with van der Waals surface area (Å²) in [6.45, 7) is 3.67. The lowest BCUT2D eigenvalue weighted by atomic mass is 10.2. The molecule has 0 fully saturated rings. The van der Waals surface area contributed by atoms with Crippen LogP contribution in [-0.4, -0.2) is 29.9 Å². The van der Waals surface area contributed by atoms with Crippen LogP contribution in [0.3, 0.4) is 0 Å². The van der Waals surface area contributed by atoms with E-state index in [1.54, 1.807) is 0 Å². The number of aliphatic hydroxyl groups excluding tert-OH is 1. The zero-order valence-electron chi connectivity index (χ0n) is 8.60. The Kier molecular flexibility index (Phi) is 4.90. The Balaban J connectivity index is 2.20. The van der Waals surface area contributed by atoms with Gasteiger partial charge in [-0.15, -0.1) is 0 Å². The molecule has 0 atom stereocenters. The molecule has 1 rings (SSSR count). The first-order chi connectivity index (χ1) is 6.74. The Morgan fingerprint density at radius 1 is 1.43 bits per heavy atom. The minimum Gasteiger partial charge on any atom is -0.395 e. The van der Waals surface area contributed by atoms with Crippen molar-refractivity contribution in [3.05, 3.63) is 11.1 Å². The van der Waals surface area contributed by atoms with Crippen molar-refractivity contribution in [2.75, 3.05) is 19.7 Å². The van der Waals surface area contributed by atoms with E-state index in [1.807, 2.05) is 0 Å². The molecule has 0 radical (unpaired) electrons. The molecule has 0 aromatic heterocycles. The number of aliphatic hydroxyl groups is 1. The highest BCUT2D eigenvalue weighted by Gasteiger charge is 2.10. The minimum absolute atomic E-state index is 0.115. The van der Waals surface area contributed by atoms with E-state index in [4.69, 9.17) is 17.3 Å². The van der Waals surface area contributed by atoms with Gasteiger partial charge < -0.3 is 15.7 Å². The number of allylic oxidation sites excluding steroid dienone is 1. The van der Waals surface area contributed by atoms with E-state index >= 15 is 0 Å². The Morgan fingerprint density at radius 2 is 2.21 bits per heavy atom. The van der Waals surface area contributed by atoms with E-state index < -0.39 is 0 Å². The lowest BCUT2D eigenvalue weighted by Gasteiger charge is -2.10. The van der Waals surface area contributed by atoms with Crippen molar-refractivity contribution >= 4 is 17.3 Å². The molecule has 0 heterocycles. The summed E-state index contributed by atoms with van der Waals surface area (Å²) in [6.07, 6.45) is 3.70. The molecular formula is C10H18N2OS. The lowest BCUT2D eigenvalue weighted by molar-refractivity contribution is 0.300. The maximum Gasteiger partial charge on any atom is 0.166 e. The summed E-state index contributed by atoms with van der Waals surface area (Å²) in [4.78, 5) is 0. The highest BCUT2D eigenvalue weighted by molar-refractivity contribution is 7.80. The smallest absolute Gasteiger partial charge is 0.166 e. The second-order valence-electron chi connectivity index (χ2n) is 3.57. The van der Waals surface area contributed by atoms with Crippen molar-refractivity contribution < 1.29 is 5.11 Å². The van der Waals surface area contributed by atoms with Gasteiger partial charge in [0, 0.05) is 13.1 Å². The molecule has 0 aromatic carbocycles. The summed E-state index contributed by atoms with van der Waals surface area (Å²) in [5.41, 5.74) is 2.99. The second-order valence-corrected chi connectivity index (χ2v) is 3.98. The van der Waals surface area contributed by atoms with Crippen LogP contribution in [0.5, 0.6) is 0 Å². The Morgan fingerprint density at radius 3 is 2.79 bits per heavy atom. The highest BCUT2D eigenvalue weighted by atomic mass is 32.1. The average Bonchev–Trinajstić information content (AvgIpc) is 2.58. The summed E-state index contributed by atoms with van der Waals surface area (Å²) < 4.78 is 0. The quantitative estimate of drug-likeness (QED) is 0.481. The van der Waals surface area contributed by atoms with Gasteiger partial charge in [-0.05, 0) is 38.4 Å². The summed E-state index contributed by atoms with van der Waals surface area (Å²) in [5.74, 6) is 0. The summed E-state index contributed by atoms with van der Waals surface area (Å²) in [7, 11) is 0. The molecule has 0 bridgehead atoms. The molecule has 3 N–H and O–H groups in total. The molecule has 0 aliphatic heterocycles.